The van der Waals surface area contributed by atoms with E-state index in [2.05, 4.69) is 15.0 Å². The van der Waals surface area contributed by atoms with E-state index in [0.29, 0.717) is 18.0 Å². The summed E-state index contributed by atoms with van der Waals surface area (Å²) in [6.45, 7) is 5.79. The Morgan fingerprint density at radius 2 is 2.21 bits per heavy atom. The minimum Gasteiger partial charge on any atom is -0.379 e. The molecular weight excluding hydrogens is 308 g/mol. The molecule has 24 heavy (non-hydrogen) atoms. The molecule has 1 atom stereocenters. The molecule has 3 heterocycles. The van der Waals surface area contributed by atoms with E-state index in [1.807, 2.05) is 19.1 Å². The van der Waals surface area contributed by atoms with Gasteiger partial charge in [-0.2, -0.15) is 0 Å². The van der Waals surface area contributed by atoms with Crippen LogP contribution >= 0.6 is 0 Å². The van der Waals surface area contributed by atoms with Gasteiger partial charge in [0.2, 0.25) is 0 Å². The number of nitrogens with zero attached hydrogens (tertiary/aromatic N) is 4. The van der Waals surface area contributed by atoms with Crippen LogP contribution in [0.1, 0.15) is 34.8 Å². The molecule has 2 aromatic heterocycles. The number of hydrogen-bond donors (Lipinski definition) is 0. The largest absolute Gasteiger partial charge is 0.379 e. The van der Waals surface area contributed by atoms with Crippen LogP contribution in [0.5, 0.6) is 0 Å². The number of aromatic nitrogens is 2. The second-order valence-electron chi connectivity index (χ2n) is 5.95. The fourth-order valence-electron chi connectivity index (χ4n) is 2.67. The Bertz CT molecular complexity index is 667. The number of pyridine rings is 1. The Labute approximate surface area is 141 Å². The summed E-state index contributed by atoms with van der Waals surface area (Å²) < 4.78 is 10.7. The second-order valence-corrected chi connectivity index (χ2v) is 5.95. The molecule has 1 saturated heterocycles. The molecule has 0 unspecified atom stereocenters. The number of hydrogen-bond acceptors (Lipinski definition) is 6. The molecule has 0 saturated carbocycles. The van der Waals surface area contributed by atoms with Crippen LogP contribution in [-0.2, 0) is 11.3 Å². The molecule has 1 aliphatic rings. The van der Waals surface area contributed by atoms with Crippen molar-refractivity contribution in [2.75, 3.05) is 33.4 Å². The summed E-state index contributed by atoms with van der Waals surface area (Å²) in [6.07, 6.45) is 3.48. The quantitative estimate of drug-likeness (QED) is 0.831. The van der Waals surface area contributed by atoms with Crippen molar-refractivity contribution in [3.63, 3.8) is 0 Å². The van der Waals surface area contributed by atoms with Gasteiger partial charge in [0.25, 0.3) is 5.91 Å². The molecule has 128 valence electrons. The van der Waals surface area contributed by atoms with Gasteiger partial charge in [-0.15, -0.1) is 0 Å². The van der Waals surface area contributed by atoms with Crippen LogP contribution in [0.3, 0.4) is 0 Å². The van der Waals surface area contributed by atoms with Gasteiger partial charge in [0.15, 0.2) is 11.5 Å². The van der Waals surface area contributed by atoms with E-state index in [1.165, 1.54) is 0 Å². The summed E-state index contributed by atoms with van der Waals surface area (Å²) in [5.41, 5.74) is 1.31. The topological polar surface area (TPSA) is 71.7 Å². The predicted octanol–water partition coefficient (Wildman–Crippen LogP) is 1.74. The van der Waals surface area contributed by atoms with E-state index in [1.54, 1.807) is 30.4 Å². The molecule has 0 bridgehead atoms. The third-order valence-electron chi connectivity index (χ3n) is 4.33. The maximum absolute atomic E-state index is 12.6. The van der Waals surface area contributed by atoms with E-state index in [-0.39, 0.29) is 11.9 Å². The molecule has 7 heteroatoms. The molecule has 0 spiro atoms. The van der Waals surface area contributed by atoms with Crippen molar-refractivity contribution in [1.82, 2.24) is 19.9 Å². The fraction of sp³-hybridized carbons (Fsp3) is 0.471. The highest BCUT2D eigenvalue weighted by Gasteiger charge is 2.23. The Morgan fingerprint density at radius 3 is 2.92 bits per heavy atom. The third kappa shape index (κ3) is 3.80. The van der Waals surface area contributed by atoms with Crippen molar-refractivity contribution in [3.05, 3.63) is 47.6 Å². The van der Waals surface area contributed by atoms with Crippen molar-refractivity contribution in [2.45, 2.75) is 19.5 Å². The van der Waals surface area contributed by atoms with Gasteiger partial charge in [-0.1, -0.05) is 11.2 Å². The molecule has 1 amide bonds. The highest BCUT2D eigenvalue weighted by Crippen LogP contribution is 2.20. The molecule has 1 fully saturated rings. The molecule has 7 nitrogen and oxygen atoms in total. The minimum atomic E-state index is -0.164. The highest BCUT2D eigenvalue weighted by molar-refractivity contribution is 5.92. The fourth-order valence-corrected chi connectivity index (χ4v) is 2.67. The molecule has 0 aliphatic carbocycles. The van der Waals surface area contributed by atoms with Crippen molar-refractivity contribution in [1.29, 1.82) is 0 Å². The highest BCUT2D eigenvalue weighted by atomic mass is 16.5. The number of rotatable bonds is 5. The number of morpholine rings is 1. The Balaban J connectivity index is 1.64. The van der Waals surface area contributed by atoms with Gasteiger partial charge in [0, 0.05) is 38.6 Å². The van der Waals surface area contributed by atoms with Crippen molar-refractivity contribution < 1.29 is 14.1 Å². The summed E-state index contributed by atoms with van der Waals surface area (Å²) in [4.78, 5) is 20.6. The standard InChI is InChI=1S/C17H22N4O3/c1-13(14-4-3-5-18-11-14)20(2)17(22)16-10-15(24-19-16)12-21-6-8-23-9-7-21/h3-5,10-11,13H,6-9,12H2,1-2H3/t13-/m0/s1. The smallest absolute Gasteiger partial charge is 0.276 e. The van der Waals surface area contributed by atoms with Crippen LogP contribution < -0.4 is 0 Å². The van der Waals surface area contributed by atoms with Gasteiger partial charge in [-0.05, 0) is 18.6 Å². The maximum Gasteiger partial charge on any atom is 0.276 e. The zero-order valence-corrected chi connectivity index (χ0v) is 14.0. The molecule has 1 aliphatic heterocycles. The first kappa shape index (κ1) is 16.6. The number of carbonyl (C=O) groups is 1. The normalized spacial score (nSPS) is 16.8. The van der Waals surface area contributed by atoms with Crippen LogP contribution in [0.2, 0.25) is 0 Å². The molecule has 0 aromatic carbocycles. The molecule has 0 radical (unpaired) electrons. The van der Waals surface area contributed by atoms with Crippen LogP contribution in [0.4, 0.5) is 0 Å². The summed E-state index contributed by atoms with van der Waals surface area (Å²) >= 11 is 0. The lowest BCUT2D eigenvalue weighted by Gasteiger charge is -2.25. The number of ether oxygens (including phenoxy) is 1. The van der Waals surface area contributed by atoms with Crippen molar-refractivity contribution in [3.8, 4) is 0 Å². The van der Waals surface area contributed by atoms with Crippen LogP contribution in [0.25, 0.3) is 0 Å². The average molecular weight is 330 g/mol. The van der Waals surface area contributed by atoms with E-state index >= 15 is 0 Å². The monoisotopic (exact) mass is 330 g/mol. The molecule has 0 N–H and O–H groups in total. The first-order valence-corrected chi connectivity index (χ1v) is 8.08. The zero-order valence-electron chi connectivity index (χ0n) is 14.0. The third-order valence-corrected chi connectivity index (χ3v) is 4.33. The number of carbonyl (C=O) groups excluding carboxylic acids is 1. The van der Waals surface area contributed by atoms with Crippen LogP contribution in [-0.4, -0.2) is 59.2 Å². The van der Waals surface area contributed by atoms with Gasteiger partial charge in [0.1, 0.15) is 0 Å². The van der Waals surface area contributed by atoms with Gasteiger partial charge >= 0.3 is 0 Å². The molecule has 2 aromatic rings. The van der Waals surface area contributed by atoms with Crippen molar-refractivity contribution in [2.24, 2.45) is 0 Å². The summed E-state index contributed by atoms with van der Waals surface area (Å²) in [6, 6.07) is 5.45. The molecular formula is C17H22N4O3. The second kappa shape index (κ2) is 7.55. The Morgan fingerprint density at radius 1 is 1.42 bits per heavy atom. The lowest BCUT2D eigenvalue weighted by Crippen LogP contribution is -2.35. The van der Waals surface area contributed by atoms with E-state index < -0.39 is 0 Å². The molecule has 3 rings (SSSR count). The van der Waals surface area contributed by atoms with Crippen LogP contribution in [0.15, 0.2) is 35.1 Å². The minimum absolute atomic E-state index is 0.0920. The lowest BCUT2D eigenvalue weighted by atomic mass is 10.1. The lowest BCUT2D eigenvalue weighted by molar-refractivity contribution is 0.0305. The Hall–Kier alpha value is -2.25. The summed E-state index contributed by atoms with van der Waals surface area (Å²) in [7, 11) is 1.76. The van der Waals surface area contributed by atoms with Gasteiger partial charge in [0.05, 0.1) is 25.8 Å². The Kier molecular flexibility index (Phi) is 5.22. The van der Waals surface area contributed by atoms with Crippen molar-refractivity contribution >= 4 is 5.91 Å². The SMILES string of the molecule is C[C@@H](c1cccnc1)N(C)C(=O)c1cc(CN2CCOCC2)on1. The van der Waals surface area contributed by atoms with E-state index in [0.717, 1.165) is 31.9 Å². The summed E-state index contributed by atoms with van der Waals surface area (Å²) in [5, 5.41) is 3.94. The van der Waals surface area contributed by atoms with E-state index in [9.17, 15) is 4.79 Å². The van der Waals surface area contributed by atoms with E-state index in [4.69, 9.17) is 9.26 Å². The van der Waals surface area contributed by atoms with Gasteiger partial charge in [-0.3, -0.25) is 14.7 Å². The summed E-state index contributed by atoms with van der Waals surface area (Å²) in [5.74, 6) is 0.533. The van der Waals surface area contributed by atoms with Crippen LogP contribution in [0, 0.1) is 0 Å². The maximum atomic E-state index is 12.6. The zero-order chi connectivity index (χ0) is 16.9. The van der Waals surface area contributed by atoms with Gasteiger partial charge < -0.3 is 14.2 Å². The first-order valence-electron chi connectivity index (χ1n) is 8.08. The number of amides is 1. The predicted molar refractivity (Wildman–Crippen MR) is 87.3 cm³/mol. The first-order chi connectivity index (χ1) is 11.6. The average Bonchev–Trinajstić information content (AvgIpc) is 3.10. The van der Waals surface area contributed by atoms with Gasteiger partial charge in [-0.25, -0.2) is 0 Å².